The molecule has 1 fully saturated rings. The van der Waals surface area contributed by atoms with Gasteiger partial charge in [-0.2, -0.15) is 13.2 Å². The van der Waals surface area contributed by atoms with E-state index in [1.165, 1.54) is 0 Å². The van der Waals surface area contributed by atoms with Crippen LogP contribution in [-0.4, -0.2) is 71.8 Å². The lowest BCUT2D eigenvalue weighted by Gasteiger charge is -2.30. The van der Waals surface area contributed by atoms with Gasteiger partial charge in [-0.05, 0) is 0 Å². The summed E-state index contributed by atoms with van der Waals surface area (Å²) in [4.78, 5) is 21.7. The number of hydrogen-bond donors (Lipinski definition) is 2. The fraction of sp³-hybridized carbons (Fsp3) is 0.778. The van der Waals surface area contributed by atoms with Gasteiger partial charge in [-0.15, -0.1) is 0 Å². The number of sulfone groups is 1. The first-order valence-corrected chi connectivity index (χ1v) is 7.24. The Morgan fingerprint density at radius 2 is 1.80 bits per heavy atom. The summed E-state index contributed by atoms with van der Waals surface area (Å²) in [6, 6.07) is -1.59. The molecule has 0 aromatic heterocycles. The number of carboxylic acids is 1. The van der Waals surface area contributed by atoms with Gasteiger partial charge < -0.3 is 15.1 Å². The molecule has 0 aliphatic carbocycles. The Labute approximate surface area is 111 Å². The predicted molar refractivity (Wildman–Crippen MR) is 58.5 cm³/mol. The summed E-state index contributed by atoms with van der Waals surface area (Å²) >= 11 is 0. The van der Waals surface area contributed by atoms with Gasteiger partial charge in [-0.25, -0.2) is 8.42 Å². The molecule has 0 bridgehead atoms. The number of aliphatic hydroxyl groups is 1. The minimum atomic E-state index is -5.27. The molecule has 116 valence electrons. The molecule has 0 saturated carbocycles. The van der Waals surface area contributed by atoms with E-state index in [4.69, 9.17) is 5.11 Å². The maximum absolute atomic E-state index is 12.4. The van der Waals surface area contributed by atoms with E-state index in [9.17, 15) is 36.3 Å². The third kappa shape index (κ3) is 4.07. The summed E-state index contributed by atoms with van der Waals surface area (Å²) in [6.07, 6.45) is -7.73. The lowest BCUT2D eigenvalue weighted by Crippen LogP contribution is -2.52. The molecule has 1 saturated heterocycles. The van der Waals surface area contributed by atoms with Crippen LogP contribution in [0.2, 0.25) is 0 Å². The molecule has 1 aliphatic heterocycles. The number of amides is 1. The van der Waals surface area contributed by atoms with E-state index in [0.717, 1.165) is 0 Å². The van der Waals surface area contributed by atoms with Gasteiger partial charge in [0.05, 0.1) is 30.1 Å². The average molecular weight is 319 g/mol. The number of aliphatic hydroxyl groups excluding tert-OH is 1. The first-order chi connectivity index (χ1) is 8.94. The van der Waals surface area contributed by atoms with E-state index in [1.54, 1.807) is 0 Å². The second-order valence-electron chi connectivity index (χ2n) is 4.35. The molecule has 2 atom stereocenters. The van der Waals surface area contributed by atoms with E-state index >= 15 is 0 Å². The molecule has 1 heterocycles. The molecule has 0 aromatic rings. The van der Waals surface area contributed by atoms with Crippen molar-refractivity contribution in [3.05, 3.63) is 0 Å². The van der Waals surface area contributed by atoms with Crippen molar-refractivity contribution in [2.24, 2.45) is 0 Å². The molecule has 0 radical (unpaired) electrons. The van der Waals surface area contributed by atoms with Crippen molar-refractivity contribution in [3.8, 4) is 0 Å². The van der Waals surface area contributed by atoms with Gasteiger partial charge in [0.15, 0.2) is 9.84 Å². The van der Waals surface area contributed by atoms with Gasteiger partial charge in [0.1, 0.15) is 0 Å². The Balaban J connectivity index is 2.99. The highest BCUT2D eigenvalue weighted by Crippen LogP contribution is 2.25. The SMILES string of the molecule is O=C(O)CCN(C(=O)C(F)(F)F)C1CS(=O)(=O)CC1O. The maximum Gasteiger partial charge on any atom is 0.471 e. The largest absolute Gasteiger partial charge is 0.481 e. The highest BCUT2D eigenvalue weighted by atomic mass is 32.2. The van der Waals surface area contributed by atoms with Crippen molar-refractivity contribution in [3.63, 3.8) is 0 Å². The standard InChI is InChI=1S/C9H12F3NO6S/c10-9(11,12)8(17)13(2-1-7(15)16)5-3-20(18,19)4-6(5)14/h5-6,14H,1-4H2,(H,15,16). The third-order valence-electron chi connectivity index (χ3n) is 2.76. The smallest absolute Gasteiger partial charge is 0.471 e. The zero-order valence-corrected chi connectivity index (χ0v) is 10.8. The predicted octanol–water partition coefficient (Wildman–Crippen LogP) is -0.990. The molecule has 1 rings (SSSR count). The fourth-order valence-electron chi connectivity index (χ4n) is 1.91. The number of halogens is 3. The van der Waals surface area contributed by atoms with Gasteiger partial charge in [0, 0.05) is 6.54 Å². The van der Waals surface area contributed by atoms with Crippen LogP contribution in [0.25, 0.3) is 0 Å². The first-order valence-electron chi connectivity index (χ1n) is 5.42. The second kappa shape index (κ2) is 5.56. The Hall–Kier alpha value is -1.36. The third-order valence-corrected chi connectivity index (χ3v) is 4.46. The molecule has 2 unspecified atom stereocenters. The molecule has 11 heteroatoms. The number of carbonyl (C=O) groups excluding carboxylic acids is 1. The van der Waals surface area contributed by atoms with Crippen LogP contribution < -0.4 is 0 Å². The highest BCUT2D eigenvalue weighted by Gasteiger charge is 2.49. The lowest BCUT2D eigenvalue weighted by molar-refractivity contribution is -0.189. The van der Waals surface area contributed by atoms with Gasteiger partial charge >= 0.3 is 18.1 Å². The van der Waals surface area contributed by atoms with E-state index < -0.39 is 64.5 Å². The van der Waals surface area contributed by atoms with Crippen LogP contribution in [0.5, 0.6) is 0 Å². The van der Waals surface area contributed by atoms with Crippen molar-refractivity contribution in [2.45, 2.75) is 24.7 Å². The van der Waals surface area contributed by atoms with Gasteiger partial charge in [0.25, 0.3) is 0 Å². The molecule has 1 amide bonds. The molecule has 2 N–H and O–H groups in total. The van der Waals surface area contributed by atoms with Crippen molar-refractivity contribution in [1.82, 2.24) is 4.90 Å². The molecule has 0 spiro atoms. The normalized spacial score (nSPS) is 25.4. The quantitative estimate of drug-likeness (QED) is 0.688. The van der Waals surface area contributed by atoms with Crippen molar-refractivity contribution in [1.29, 1.82) is 0 Å². The van der Waals surface area contributed by atoms with E-state index in [1.807, 2.05) is 0 Å². The second-order valence-corrected chi connectivity index (χ2v) is 6.51. The van der Waals surface area contributed by atoms with E-state index in [0.29, 0.717) is 0 Å². The van der Waals surface area contributed by atoms with Gasteiger partial charge in [0.2, 0.25) is 0 Å². The number of hydrogen-bond acceptors (Lipinski definition) is 5. The Bertz CT molecular complexity index is 502. The lowest BCUT2D eigenvalue weighted by atomic mass is 10.1. The van der Waals surface area contributed by atoms with Crippen LogP contribution in [0.4, 0.5) is 13.2 Å². The number of carbonyl (C=O) groups is 2. The van der Waals surface area contributed by atoms with Crippen molar-refractivity contribution < 1.29 is 41.4 Å². The monoisotopic (exact) mass is 319 g/mol. The molecular weight excluding hydrogens is 307 g/mol. The summed E-state index contributed by atoms with van der Waals surface area (Å²) in [5.41, 5.74) is 0. The topological polar surface area (TPSA) is 112 Å². The zero-order valence-electron chi connectivity index (χ0n) is 10.00. The van der Waals surface area contributed by atoms with E-state index in [-0.39, 0.29) is 4.90 Å². The average Bonchev–Trinajstić information content (AvgIpc) is 2.50. The molecule has 7 nitrogen and oxygen atoms in total. The Morgan fingerprint density at radius 1 is 1.25 bits per heavy atom. The van der Waals surface area contributed by atoms with Crippen LogP contribution in [0.1, 0.15) is 6.42 Å². The summed E-state index contributed by atoms with van der Waals surface area (Å²) in [5.74, 6) is -5.39. The fourth-order valence-corrected chi connectivity index (χ4v) is 3.71. The number of rotatable bonds is 4. The number of alkyl halides is 3. The van der Waals surface area contributed by atoms with Gasteiger partial charge in [-0.1, -0.05) is 0 Å². The highest BCUT2D eigenvalue weighted by molar-refractivity contribution is 7.91. The van der Waals surface area contributed by atoms with E-state index in [2.05, 4.69) is 0 Å². The zero-order chi connectivity index (χ0) is 15.7. The minimum absolute atomic E-state index is 0.0728. The maximum atomic E-state index is 12.4. The van der Waals surface area contributed by atoms with Gasteiger partial charge in [-0.3, -0.25) is 9.59 Å². The Kier molecular flexibility index (Phi) is 4.64. The van der Waals surface area contributed by atoms with Crippen molar-refractivity contribution in [2.75, 3.05) is 18.1 Å². The summed E-state index contributed by atoms with van der Waals surface area (Å²) in [6.45, 7) is -0.828. The summed E-state index contributed by atoms with van der Waals surface area (Å²) < 4.78 is 59.8. The summed E-state index contributed by atoms with van der Waals surface area (Å²) in [7, 11) is -3.77. The van der Waals surface area contributed by atoms with Crippen LogP contribution in [0, 0.1) is 0 Å². The molecule has 1 aliphatic rings. The van der Waals surface area contributed by atoms with Crippen LogP contribution in [0.15, 0.2) is 0 Å². The molecule has 0 aromatic carbocycles. The molecule has 20 heavy (non-hydrogen) atoms. The number of aliphatic carboxylic acids is 1. The minimum Gasteiger partial charge on any atom is -0.481 e. The van der Waals surface area contributed by atoms with Crippen molar-refractivity contribution >= 4 is 21.7 Å². The first kappa shape index (κ1) is 16.7. The number of nitrogens with zero attached hydrogens (tertiary/aromatic N) is 1. The molecular formula is C9H12F3NO6S. The Morgan fingerprint density at radius 3 is 2.15 bits per heavy atom. The number of carboxylic acid groups (broad SMARTS) is 1. The van der Waals surface area contributed by atoms with Crippen LogP contribution in [-0.2, 0) is 19.4 Å². The van der Waals surface area contributed by atoms with Crippen LogP contribution >= 0.6 is 0 Å². The van der Waals surface area contributed by atoms with Crippen LogP contribution in [0.3, 0.4) is 0 Å². The summed E-state index contributed by atoms with van der Waals surface area (Å²) in [5, 5.41) is 17.9.